The molecule has 34 heavy (non-hydrogen) atoms. The second-order valence-corrected chi connectivity index (χ2v) is 8.51. The average Bonchev–Trinajstić information content (AvgIpc) is 3.39. The summed E-state index contributed by atoms with van der Waals surface area (Å²) in [4.78, 5) is 0. The number of hydrogen-bond acceptors (Lipinski definition) is 5. The molecule has 0 radical (unpaired) electrons. The van der Waals surface area contributed by atoms with E-state index in [1.54, 1.807) is 0 Å². The average molecular weight is 457 g/mol. The fourth-order valence-electron chi connectivity index (χ4n) is 4.46. The normalized spacial score (nSPS) is 27.9. The summed E-state index contributed by atoms with van der Waals surface area (Å²) < 4.78 is 31.5. The van der Waals surface area contributed by atoms with Gasteiger partial charge in [-0.3, -0.25) is 0 Å². The molecule has 3 aromatic rings. The third-order valence-electron chi connectivity index (χ3n) is 6.13. The zero-order valence-corrected chi connectivity index (χ0v) is 18.9. The maximum Gasteiger partial charge on any atom is 0.209 e. The van der Waals surface area contributed by atoms with E-state index in [-0.39, 0.29) is 18.6 Å². The van der Waals surface area contributed by atoms with Crippen LogP contribution in [-0.4, -0.2) is 31.2 Å². The molecule has 0 bridgehead atoms. The van der Waals surface area contributed by atoms with Gasteiger partial charge in [-0.15, -0.1) is 12.3 Å². The largest absolute Gasteiger partial charge is 0.374 e. The second kappa shape index (κ2) is 10.5. The van der Waals surface area contributed by atoms with Crippen LogP contribution in [0.25, 0.3) is 0 Å². The van der Waals surface area contributed by atoms with Crippen molar-refractivity contribution in [1.82, 2.24) is 0 Å². The highest BCUT2D eigenvalue weighted by molar-refractivity contribution is 5.24. The third kappa shape index (κ3) is 4.92. The molecule has 2 aliphatic rings. The van der Waals surface area contributed by atoms with Crippen LogP contribution in [0.15, 0.2) is 91.0 Å². The molecule has 5 rings (SSSR count). The van der Waals surface area contributed by atoms with Gasteiger partial charge < -0.3 is 23.7 Å². The van der Waals surface area contributed by atoms with Crippen molar-refractivity contribution in [3.8, 4) is 12.3 Å². The Balaban J connectivity index is 1.32. The molecule has 2 aliphatic heterocycles. The minimum atomic E-state index is -1.06. The SMILES string of the molecule is C#CCC1(c2ccccc2)O[C@H]2O[C@H](COCc3ccccc3)[C@H](OCc3ccccc3)[C@H]2O1. The van der Waals surface area contributed by atoms with Crippen LogP contribution < -0.4 is 0 Å². The lowest BCUT2D eigenvalue weighted by Gasteiger charge is -2.30. The number of ether oxygens (including phenoxy) is 5. The van der Waals surface area contributed by atoms with Gasteiger partial charge >= 0.3 is 0 Å². The maximum absolute atomic E-state index is 6.53. The summed E-state index contributed by atoms with van der Waals surface area (Å²) in [6, 6.07) is 29.9. The van der Waals surface area contributed by atoms with Crippen molar-refractivity contribution >= 4 is 0 Å². The Bertz CT molecular complexity index is 1080. The van der Waals surface area contributed by atoms with E-state index in [0.717, 1.165) is 16.7 Å². The first-order chi connectivity index (χ1) is 16.8. The first kappa shape index (κ1) is 22.8. The van der Waals surface area contributed by atoms with Crippen LogP contribution in [0.3, 0.4) is 0 Å². The van der Waals surface area contributed by atoms with Gasteiger partial charge in [0.15, 0.2) is 6.29 Å². The predicted octanol–water partition coefficient (Wildman–Crippen LogP) is 4.81. The molecule has 5 nitrogen and oxygen atoms in total. The molecule has 0 aromatic heterocycles. The predicted molar refractivity (Wildman–Crippen MR) is 127 cm³/mol. The highest BCUT2D eigenvalue weighted by atomic mass is 16.8. The molecule has 174 valence electrons. The molecule has 0 amide bonds. The van der Waals surface area contributed by atoms with E-state index < -0.39 is 18.2 Å². The summed E-state index contributed by atoms with van der Waals surface area (Å²) in [5.74, 6) is 1.64. The Labute approximate surface area is 200 Å². The molecule has 5 atom stereocenters. The minimum Gasteiger partial charge on any atom is -0.374 e. The van der Waals surface area contributed by atoms with Crippen molar-refractivity contribution < 1.29 is 23.7 Å². The van der Waals surface area contributed by atoms with Crippen LogP contribution >= 0.6 is 0 Å². The summed E-state index contributed by atoms with van der Waals surface area (Å²) in [7, 11) is 0. The van der Waals surface area contributed by atoms with Crippen LogP contribution in [0.2, 0.25) is 0 Å². The number of fused-ring (bicyclic) bond motifs is 1. The first-order valence-electron chi connectivity index (χ1n) is 11.5. The van der Waals surface area contributed by atoms with Gasteiger partial charge in [0, 0.05) is 5.56 Å². The Hall–Kier alpha value is -2.98. The molecule has 5 heteroatoms. The van der Waals surface area contributed by atoms with E-state index in [1.807, 2.05) is 91.0 Å². The lowest BCUT2D eigenvalue weighted by atomic mass is 10.0. The van der Waals surface area contributed by atoms with Crippen molar-refractivity contribution in [3.63, 3.8) is 0 Å². The number of benzene rings is 3. The van der Waals surface area contributed by atoms with Crippen molar-refractivity contribution in [2.75, 3.05) is 6.61 Å². The Morgan fingerprint density at radius 2 is 1.41 bits per heavy atom. The molecule has 0 N–H and O–H groups in total. The van der Waals surface area contributed by atoms with Gasteiger partial charge in [0.25, 0.3) is 0 Å². The van der Waals surface area contributed by atoms with Crippen molar-refractivity contribution in [1.29, 1.82) is 0 Å². The Kier molecular flexibility index (Phi) is 7.05. The second-order valence-electron chi connectivity index (χ2n) is 8.51. The fourth-order valence-corrected chi connectivity index (χ4v) is 4.46. The van der Waals surface area contributed by atoms with E-state index in [4.69, 9.17) is 30.1 Å². The molecule has 0 aliphatic carbocycles. The molecule has 2 fully saturated rings. The van der Waals surface area contributed by atoms with Gasteiger partial charge in [0.1, 0.15) is 18.3 Å². The van der Waals surface area contributed by atoms with Gasteiger partial charge in [0.05, 0.1) is 26.2 Å². The van der Waals surface area contributed by atoms with Gasteiger partial charge in [-0.05, 0) is 11.1 Å². The van der Waals surface area contributed by atoms with Gasteiger partial charge in [0.2, 0.25) is 5.79 Å². The molecule has 3 aromatic carbocycles. The van der Waals surface area contributed by atoms with E-state index >= 15 is 0 Å². The van der Waals surface area contributed by atoms with Crippen LogP contribution in [0.1, 0.15) is 23.1 Å². The standard InChI is InChI=1S/C29H28O5/c1-2-18-29(24-16-10-5-11-17-24)33-27-26(31-20-23-14-8-4-9-15-23)25(32-28(27)34-29)21-30-19-22-12-6-3-7-13-22/h1,3-17,25-28H,18-21H2/t25-,26+,27-,28-,29?/m1/s1. The molecule has 2 heterocycles. The highest BCUT2D eigenvalue weighted by Gasteiger charge is 2.58. The summed E-state index contributed by atoms with van der Waals surface area (Å²) in [6.45, 7) is 1.29. The lowest BCUT2D eigenvalue weighted by molar-refractivity contribution is -0.246. The Morgan fingerprint density at radius 3 is 2.06 bits per heavy atom. The smallest absolute Gasteiger partial charge is 0.209 e. The lowest BCUT2D eigenvalue weighted by Crippen LogP contribution is -2.39. The summed E-state index contributed by atoms with van der Waals surface area (Å²) >= 11 is 0. The quantitative estimate of drug-likeness (QED) is 0.433. The van der Waals surface area contributed by atoms with Crippen LogP contribution in [0, 0.1) is 12.3 Å². The third-order valence-corrected chi connectivity index (χ3v) is 6.13. The van der Waals surface area contributed by atoms with Gasteiger partial charge in [-0.1, -0.05) is 91.0 Å². The van der Waals surface area contributed by atoms with Crippen molar-refractivity contribution in [2.24, 2.45) is 0 Å². The van der Waals surface area contributed by atoms with E-state index in [9.17, 15) is 0 Å². The molecular formula is C29H28O5. The topological polar surface area (TPSA) is 46.2 Å². The fraction of sp³-hybridized carbons (Fsp3) is 0.310. The van der Waals surface area contributed by atoms with E-state index in [2.05, 4.69) is 5.92 Å². The Morgan fingerprint density at radius 1 is 0.794 bits per heavy atom. The molecule has 0 saturated carbocycles. The van der Waals surface area contributed by atoms with Crippen LogP contribution in [0.4, 0.5) is 0 Å². The van der Waals surface area contributed by atoms with E-state index in [0.29, 0.717) is 19.8 Å². The number of terminal acetylenes is 1. The molecule has 2 saturated heterocycles. The van der Waals surface area contributed by atoms with Gasteiger partial charge in [-0.2, -0.15) is 0 Å². The zero-order valence-electron chi connectivity index (χ0n) is 18.9. The first-order valence-corrected chi connectivity index (χ1v) is 11.5. The van der Waals surface area contributed by atoms with Crippen LogP contribution in [0.5, 0.6) is 0 Å². The van der Waals surface area contributed by atoms with Gasteiger partial charge in [-0.25, -0.2) is 0 Å². The minimum absolute atomic E-state index is 0.272. The maximum atomic E-state index is 6.53. The molecule has 0 spiro atoms. The van der Waals surface area contributed by atoms with E-state index in [1.165, 1.54) is 0 Å². The zero-order chi connectivity index (χ0) is 23.2. The summed E-state index contributed by atoms with van der Waals surface area (Å²) in [6.07, 6.45) is 4.24. The number of rotatable bonds is 9. The number of hydrogen-bond donors (Lipinski definition) is 0. The molecular weight excluding hydrogens is 428 g/mol. The van der Waals surface area contributed by atoms with Crippen molar-refractivity contribution in [2.45, 2.75) is 50.0 Å². The summed E-state index contributed by atoms with van der Waals surface area (Å²) in [5.41, 5.74) is 3.04. The van der Waals surface area contributed by atoms with Crippen molar-refractivity contribution in [3.05, 3.63) is 108 Å². The monoisotopic (exact) mass is 456 g/mol. The highest BCUT2D eigenvalue weighted by Crippen LogP contribution is 2.46. The molecule has 1 unspecified atom stereocenters. The van der Waals surface area contributed by atoms with Crippen LogP contribution in [-0.2, 0) is 42.7 Å². The summed E-state index contributed by atoms with van der Waals surface area (Å²) in [5, 5.41) is 0.